The maximum atomic E-state index is 9.49. The number of aliphatic hydroxyl groups is 1. The number of aliphatic hydroxyl groups excluding tert-OH is 1. The molecule has 0 bridgehead atoms. The molecule has 4 heteroatoms. The Morgan fingerprint density at radius 1 is 1.16 bits per heavy atom. The van der Waals surface area contributed by atoms with Gasteiger partial charge in [0.1, 0.15) is 5.75 Å². The first kappa shape index (κ1) is 16.0. The van der Waals surface area contributed by atoms with Crippen LogP contribution in [0.1, 0.15) is 30.6 Å². The summed E-state index contributed by atoms with van der Waals surface area (Å²) in [5, 5.41) is 9.49. The molecular formula is C15H24O4. The van der Waals surface area contributed by atoms with E-state index in [4.69, 9.17) is 14.2 Å². The highest BCUT2D eigenvalue weighted by atomic mass is 16.5. The van der Waals surface area contributed by atoms with Gasteiger partial charge in [-0.25, -0.2) is 0 Å². The van der Waals surface area contributed by atoms with E-state index < -0.39 is 6.10 Å². The van der Waals surface area contributed by atoms with E-state index in [0.717, 1.165) is 23.3 Å². The molecule has 0 fully saturated rings. The summed E-state index contributed by atoms with van der Waals surface area (Å²) in [5.74, 6) is 0.862. The highest BCUT2D eigenvalue weighted by Gasteiger charge is 2.04. The van der Waals surface area contributed by atoms with Crippen LogP contribution in [0.3, 0.4) is 0 Å². The fourth-order valence-electron chi connectivity index (χ4n) is 1.68. The Bertz CT molecular complexity index is 363. The third-order valence-electron chi connectivity index (χ3n) is 2.80. The number of hydrogen-bond acceptors (Lipinski definition) is 4. The molecule has 1 atom stereocenters. The van der Waals surface area contributed by atoms with E-state index in [1.165, 1.54) is 0 Å². The van der Waals surface area contributed by atoms with Gasteiger partial charge in [-0.05, 0) is 37.1 Å². The van der Waals surface area contributed by atoms with E-state index in [-0.39, 0.29) is 0 Å². The minimum absolute atomic E-state index is 0.443. The molecule has 0 radical (unpaired) electrons. The van der Waals surface area contributed by atoms with Crippen LogP contribution in [0.5, 0.6) is 5.75 Å². The van der Waals surface area contributed by atoms with Gasteiger partial charge in [0.05, 0.1) is 25.9 Å². The van der Waals surface area contributed by atoms with Crippen molar-refractivity contribution < 1.29 is 19.3 Å². The quantitative estimate of drug-likeness (QED) is 0.699. The predicted octanol–water partition coefficient (Wildman–Crippen LogP) is 2.48. The molecule has 0 saturated carbocycles. The molecule has 1 aromatic carbocycles. The Kier molecular flexibility index (Phi) is 7.48. The highest BCUT2D eigenvalue weighted by molar-refractivity contribution is 5.36. The molecule has 0 heterocycles. The lowest BCUT2D eigenvalue weighted by molar-refractivity contribution is 0.0644. The van der Waals surface area contributed by atoms with E-state index >= 15 is 0 Å². The van der Waals surface area contributed by atoms with Crippen LogP contribution < -0.4 is 4.74 Å². The summed E-state index contributed by atoms with van der Waals surface area (Å²) in [7, 11) is 1.66. The van der Waals surface area contributed by atoms with E-state index in [0.29, 0.717) is 26.4 Å². The number of hydrogen-bond donors (Lipinski definition) is 1. The second kappa shape index (κ2) is 8.91. The third kappa shape index (κ3) is 6.05. The molecule has 19 heavy (non-hydrogen) atoms. The second-order valence-electron chi connectivity index (χ2n) is 4.51. The second-order valence-corrected chi connectivity index (χ2v) is 4.51. The van der Waals surface area contributed by atoms with Crippen molar-refractivity contribution in [1.82, 2.24) is 0 Å². The van der Waals surface area contributed by atoms with E-state index in [1.54, 1.807) is 14.0 Å². The molecule has 0 amide bonds. The Morgan fingerprint density at radius 3 is 2.58 bits per heavy atom. The third-order valence-corrected chi connectivity index (χ3v) is 2.80. The van der Waals surface area contributed by atoms with Crippen LogP contribution in [0.2, 0.25) is 0 Å². The first-order chi connectivity index (χ1) is 9.15. The molecule has 0 aromatic heterocycles. The summed E-state index contributed by atoms with van der Waals surface area (Å²) in [5.41, 5.74) is 1.95. The molecule has 0 saturated heterocycles. The lowest BCUT2D eigenvalue weighted by Crippen LogP contribution is -2.07. The van der Waals surface area contributed by atoms with Crippen molar-refractivity contribution >= 4 is 0 Å². The van der Waals surface area contributed by atoms with Gasteiger partial charge in [0.15, 0.2) is 0 Å². The monoisotopic (exact) mass is 268 g/mol. The molecule has 1 rings (SSSR count). The number of aryl methyl sites for hydroxylation is 1. The maximum absolute atomic E-state index is 9.49. The molecule has 0 spiro atoms. The zero-order valence-corrected chi connectivity index (χ0v) is 12.0. The zero-order valence-electron chi connectivity index (χ0n) is 12.0. The topological polar surface area (TPSA) is 47.9 Å². The smallest absolute Gasteiger partial charge is 0.122 e. The van der Waals surface area contributed by atoms with Gasteiger partial charge in [-0.3, -0.25) is 0 Å². The number of ether oxygens (including phenoxy) is 3. The fourth-order valence-corrected chi connectivity index (χ4v) is 1.68. The SMILES string of the molecule is COCCOCCCOc1ccc(C(C)O)cc1C. The summed E-state index contributed by atoms with van der Waals surface area (Å²) in [6.07, 6.45) is 0.406. The fraction of sp³-hybridized carbons (Fsp3) is 0.600. The van der Waals surface area contributed by atoms with Gasteiger partial charge in [0.25, 0.3) is 0 Å². The summed E-state index contributed by atoms with van der Waals surface area (Å²) in [6, 6.07) is 5.75. The maximum Gasteiger partial charge on any atom is 0.122 e. The van der Waals surface area contributed by atoms with Gasteiger partial charge in [0, 0.05) is 20.1 Å². The first-order valence-corrected chi connectivity index (χ1v) is 6.63. The Balaban J connectivity index is 2.26. The average Bonchev–Trinajstić information content (AvgIpc) is 2.39. The van der Waals surface area contributed by atoms with Gasteiger partial charge in [0.2, 0.25) is 0 Å². The lowest BCUT2D eigenvalue weighted by Gasteiger charge is -2.12. The van der Waals surface area contributed by atoms with Gasteiger partial charge in [-0.15, -0.1) is 0 Å². The van der Waals surface area contributed by atoms with Gasteiger partial charge >= 0.3 is 0 Å². The van der Waals surface area contributed by atoms with E-state index in [2.05, 4.69) is 0 Å². The standard InChI is InChI=1S/C15H24O4/c1-12-11-14(13(2)16)5-6-15(12)19-8-4-7-18-10-9-17-3/h5-6,11,13,16H,4,7-10H2,1-3H3. The molecule has 1 N–H and O–H groups in total. The molecule has 0 aliphatic carbocycles. The molecule has 108 valence electrons. The van der Waals surface area contributed by atoms with Gasteiger partial charge in [-0.2, -0.15) is 0 Å². The summed E-state index contributed by atoms with van der Waals surface area (Å²) in [6.45, 7) is 6.29. The summed E-state index contributed by atoms with van der Waals surface area (Å²) >= 11 is 0. The lowest BCUT2D eigenvalue weighted by atomic mass is 10.1. The van der Waals surface area contributed by atoms with Crippen molar-refractivity contribution in [3.05, 3.63) is 29.3 Å². The van der Waals surface area contributed by atoms with Crippen molar-refractivity contribution in [2.45, 2.75) is 26.4 Å². The van der Waals surface area contributed by atoms with E-state index in [1.807, 2.05) is 25.1 Å². The predicted molar refractivity (Wildman–Crippen MR) is 74.6 cm³/mol. The van der Waals surface area contributed by atoms with Gasteiger partial charge < -0.3 is 19.3 Å². The van der Waals surface area contributed by atoms with Crippen molar-refractivity contribution in [3.63, 3.8) is 0 Å². The van der Waals surface area contributed by atoms with E-state index in [9.17, 15) is 5.11 Å². The summed E-state index contributed by atoms with van der Waals surface area (Å²) < 4.78 is 15.9. The molecule has 1 unspecified atom stereocenters. The van der Waals surface area contributed by atoms with Crippen LogP contribution in [-0.2, 0) is 9.47 Å². The van der Waals surface area contributed by atoms with Crippen molar-refractivity contribution in [3.8, 4) is 5.75 Å². The van der Waals surface area contributed by atoms with Crippen molar-refractivity contribution in [2.24, 2.45) is 0 Å². The minimum atomic E-state index is -0.443. The van der Waals surface area contributed by atoms with Crippen LogP contribution in [-0.4, -0.2) is 38.6 Å². The van der Waals surface area contributed by atoms with Crippen LogP contribution in [0.15, 0.2) is 18.2 Å². The first-order valence-electron chi connectivity index (χ1n) is 6.63. The number of rotatable bonds is 9. The molecular weight excluding hydrogens is 244 g/mol. The van der Waals surface area contributed by atoms with Crippen LogP contribution in [0.25, 0.3) is 0 Å². The molecule has 1 aromatic rings. The average molecular weight is 268 g/mol. The van der Waals surface area contributed by atoms with Crippen LogP contribution in [0.4, 0.5) is 0 Å². The number of benzene rings is 1. The Labute approximate surface area is 115 Å². The van der Waals surface area contributed by atoms with Crippen molar-refractivity contribution in [1.29, 1.82) is 0 Å². The van der Waals surface area contributed by atoms with Crippen LogP contribution >= 0.6 is 0 Å². The van der Waals surface area contributed by atoms with Crippen LogP contribution in [0, 0.1) is 6.92 Å². The Morgan fingerprint density at radius 2 is 1.95 bits per heavy atom. The zero-order chi connectivity index (χ0) is 14.1. The molecule has 4 nitrogen and oxygen atoms in total. The highest BCUT2D eigenvalue weighted by Crippen LogP contribution is 2.22. The minimum Gasteiger partial charge on any atom is -0.493 e. The molecule has 0 aliphatic heterocycles. The summed E-state index contributed by atoms with van der Waals surface area (Å²) in [4.78, 5) is 0. The molecule has 0 aliphatic rings. The number of methoxy groups -OCH3 is 1. The Hall–Kier alpha value is -1.10. The normalized spacial score (nSPS) is 12.4. The van der Waals surface area contributed by atoms with Crippen molar-refractivity contribution in [2.75, 3.05) is 33.5 Å². The van der Waals surface area contributed by atoms with Gasteiger partial charge in [-0.1, -0.05) is 6.07 Å². The largest absolute Gasteiger partial charge is 0.493 e.